The molecule has 1 radical (unpaired) electrons. The van der Waals surface area contributed by atoms with Crippen molar-refractivity contribution in [3.8, 4) is 0 Å². The first kappa shape index (κ1) is 9.71. The Morgan fingerprint density at radius 1 is 1.62 bits per heavy atom. The second-order valence-corrected chi connectivity index (χ2v) is 3.03. The highest BCUT2D eigenvalue weighted by atomic mass is 19.1. The Labute approximate surface area is 76.8 Å². The molecular formula is C10H11FNO. The number of hydrogen-bond acceptors (Lipinski definition) is 1. The number of amides is 1. The summed E-state index contributed by atoms with van der Waals surface area (Å²) in [6.07, 6.45) is 0. The third-order valence-electron chi connectivity index (χ3n) is 1.48. The fraction of sp³-hybridized carbons (Fsp3) is 0.300. The van der Waals surface area contributed by atoms with E-state index in [1.165, 1.54) is 18.2 Å². The van der Waals surface area contributed by atoms with Gasteiger partial charge in [0.25, 0.3) is 5.91 Å². The van der Waals surface area contributed by atoms with E-state index in [4.69, 9.17) is 0 Å². The molecule has 3 heteroatoms. The third kappa shape index (κ3) is 2.54. The average molecular weight is 180 g/mol. The topological polar surface area (TPSA) is 29.1 Å². The first-order chi connectivity index (χ1) is 6.11. The highest BCUT2D eigenvalue weighted by Gasteiger charge is 2.10. The smallest absolute Gasteiger partial charge is 0.254 e. The minimum atomic E-state index is -0.517. The number of carbonyl (C=O) groups is 1. The highest BCUT2D eigenvalue weighted by molar-refractivity contribution is 5.94. The van der Waals surface area contributed by atoms with E-state index in [-0.39, 0.29) is 11.6 Å². The Hall–Kier alpha value is -1.38. The Bertz CT molecular complexity index is 310. The number of benzene rings is 1. The third-order valence-corrected chi connectivity index (χ3v) is 1.48. The molecule has 0 aliphatic rings. The number of carbonyl (C=O) groups excluding carboxylic acids is 1. The second-order valence-electron chi connectivity index (χ2n) is 3.03. The van der Waals surface area contributed by atoms with Gasteiger partial charge in [0.1, 0.15) is 5.82 Å². The van der Waals surface area contributed by atoms with Gasteiger partial charge in [-0.05, 0) is 32.0 Å². The van der Waals surface area contributed by atoms with Crippen LogP contribution in [-0.4, -0.2) is 11.9 Å². The van der Waals surface area contributed by atoms with Crippen LogP contribution in [0, 0.1) is 11.9 Å². The van der Waals surface area contributed by atoms with Crippen LogP contribution in [0.4, 0.5) is 4.39 Å². The Balaban J connectivity index is 2.83. The van der Waals surface area contributed by atoms with E-state index in [0.717, 1.165) is 0 Å². The molecule has 1 aromatic rings. The lowest BCUT2D eigenvalue weighted by Crippen LogP contribution is -2.30. The van der Waals surface area contributed by atoms with Gasteiger partial charge in [-0.25, -0.2) is 4.39 Å². The summed E-state index contributed by atoms with van der Waals surface area (Å²) in [6, 6.07) is 6.65. The summed E-state index contributed by atoms with van der Waals surface area (Å²) in [7, 11) is 0. The van der Waals surface area contributed by atoms with Crippen LogP contribution in [0.3, 0.4) is 0 Å². The molecule has 69 valence electrons. The first-order valence-corrected chi connectivity index (χ1v) is 4.07. The fourth-order valence-electron chi connectivity index (χ4n) is 0.925. The van der Waals surface area contributed by atoms with Gasteiger partial charge >= 0.3 is 0 Å². The van der Waals surface area contributed by atoms with Gasteiger partial charge in [0.2, 0.25) is 0 Å². The average Bonchev–Trinajstić information content (AvgIpc) is 2.03. The Morgan fingerprint density at radius 3 is 2.85 bits per heavy atom. The van der Waals surface area contributed by atoms with E-state index in [9.17, 15) is 9.18 Å². The second kappa shape index (κ2) is 4.03. The summed E-state index contributed by atoms with van der Waals surface area (Å²) in [5.41, 5.74) is 0.0381. The lowest BCUT2D eigenvalue weighted by atomic mass is 10.2. The zero-order valence-electron chi connectivity index (χ0n) is 7.60. The molecule has 0 aliphatic heterocycles. The van der Waals surface area contributed by atoms with Gasteiger partial charge in [-0.2, -0.15) is 0 Å². The minimum absolute atomic E-state index is 0.00658. The van der Waals surface area contributed by atoms with Crippen LogP contribution in [-0.2, 0) is 0 Å². The maximum atomic E-state index is 13.0. The lowest BCUT2D eigenvalue weighted by Gasteiger charge is -2.08. The minimum Gasteiger partial charge on any atom is -0.350 e. The molecule has 1 aromatic carbocycles. The van der Waals surface area contributed by atoms with Crippen molar-refractivity contribution in [3.05, 3.63) is 35.6 Å². The summed E-state index contributed by atoms with van der Waals surface area (Å²) in [5, 5.41) is 2.60. The first-order valence-electron chi connectivity index (χ1n) is 4.07. The normalized spacial score (nSPS) is 10.2. The van der Waals surface area contributed by atoms with Gasteiger partial charge in [0, 0.05) is 6.04 Å². The van der Waals surface area contributed by atoms with E-state index in [1.807, 2.05) is 13.8 Å². The van der Waals surface area contributed by atoms with Crippen LogP contribution >= 0.6 is 0 Å². The molecular weight excluding hydrogens is 169 g/mol. The van der Waals surface area contributed by atoms with Gasteiger partial charge in [-0.15, -0.1) is 0 Å². The molecule has 13 heavy (non-hydrogen) atoms. The molecule has 1 N–H and O–H groups in total. The van der Waals surface area contributed by atoms with Gasteiger partial charge in [0.05, 0.1) is 5.56 Å². The number of halogens is 1. The van der Waals surface area contributed by atoms with Gasteiger partial charge < -0.3 is 5.32 Å². The maximum absolute atomic E-state index is 13.0. The molecule has 0 unspecified atom stereocenters. The molecule has 0 saturated heterocycles. The van der Waals surface area contributed by atoms with E-state index in [1.54, 1.807) is 0 Å². The maximum Gasteiger partial charge on any atom is 0.254 e. The highest BCUT2D eigenvalue weighted by Crippen LogP contribution is 2.05. The molecule has 1 amide bonds. The van der Waals surface area contributed by atoms with Gasteiger partial charge in [-0.1, -0.05) is 6.07 Å². The summed E-state index contributed by atoms with van der Waals surface area (Å²) in [6.45, 7) is 3.64. The van der Waals surface area contributed by atoms with Crippen LogP contribution in [0.1, 0.15) is 24.2 Å². The van der Waals surface area contributed by atoms with Crippen LogP contribution in [0.25, 0.3) is 0 Å². The van der Waals surface area contributed by atoms with Crippen LogP contribution in [0.15, 0.2) is 18.2 Å². The van der Waals surface area contributed by atoms with Crippen molar-refractivity contribution >= 4 is 5.91 Å². The standard InChI is InChI=1S/C10H11FNO/c1-7(2)12-10(13)8-5-3-4-6-9(8)11/h4-7H,1-2H3,(H,12,13). The van der Waals surface area contributed by atoms with Crippen LogP contribution in [0.2, 0.25) is 0 Å². The van der Waals surface area contributed by atoms with Crippen molar-refractivity contribution in [2.24, 2.45) is 0 Å². The molecule has 0 atom stereocenters. The number of hydrogen-bond donors (Lipinski definition) is 1. The van der Waals surface area contributed by atoms with E-state index >= 15 is 0 Å². The predicted molar refractivity (Wildman–Crippen MR) is 47.8 cm³/mol. The fourth-order valence-corrected chi connectivity index (χ4v) is 0.925. The molecule has 1 rings (SSSR count). The molecule has 0 aliphatic carbocycles. The van der Waals surface area contributed by atoms with Crippen molar-refractivity contribution < 1.29 is 9.18 Å². The van der Waals surface area contributed by atoms with Crippen LogP contribution in [0.5, 0.6) is 0 Å². The summed E-state index contributed by atoms with van der Waals surface area (Å²) >= 11 is 0. The Kier molecular flexibility index (Phi) is 3.01. The van der Waals surface area contributed by atoms with Gasteiger partial charge in [0.15, 0.2) is 0 Å². The SMILES string of the molecule is CC(C)NC(=O)c1c[c]ccc1F. The number of nitrogens with one attached hydrogen (secondary N) is 1. The lowest BCUT2D eigenvalue weighted by molar-refractivity contribution is 0.0939. The summed E-state index contributed by atoms with van der Waals surface area (Å²) in [4.78, 5) is 11.3. The molecule has 2 nitrogen and oxygen atoms in total. The summed E-state index contributed by atoms with van der Waals surface area (Å²) < 4.78 is 13.0. The van der Waals surface area contributed by atoms with Crippen LogP contribution < -0.4 is 5.32 Å². The molecule has 0 heterocycles. The van der Waals surface area contributed by atoms with E-state index < -0.39 is 11.7 Å². The van der Waals surface area contributed by atoms with Crippen molar-refractivity contribution in [1.29, 1.82) is 0 Å². The molecule has 0 fully saturated rings. The number of rotatable bonds is 2. The zero-order chi connectivity index (χ0) is 9.84. The molecule has 0 aromatic heterocycles. The molecule has 0 spiro atoms. The largest absolute Gasteiger partial charge is 0.350 e. The van der Waals surface area contributed by atoms with E-state index in [2.05, 4.69) is 11.4 Å². The molecule has 0 bridgehead atoms. The van der Waals surface area contributed by atoms with Crippen molar-refractivity contribution in [1.82, 2.24) is 5.32 Å². The quantitative estimate of drug-likeness (QED) is 0.738. The molecule has 0 saturated carbocycles. The van der Waals surface area contributed by atoms with Crippen molar-refractivity contribution in [3.63, 3.8) is 0 Å². The summed E-state index contributed by atoms with van der Waals surface area (Å²) in [5.74, 6) is -0.916. The van der Waals surface area contributed by atoms with Crippen molar-refractivity contribution in [2.45, 2.75) is 19.9 Å². The predicted octanol–water partition coefficient (Wildman–Crippen LogP) is 1.76. The van der Waals surface area contributed by atoms with E-state index in [0.29, 0.717) is 0 Å². The zero-order valence-corrected chi connectivity index (χ0v) is 7.60. The Morgan fingerprint density at radius 2 is 2.31 bits per heavy atom. The van der Waals surface area contributed by atoms with Gasteiger partial charge in [-0.3, -0.25) is 4.79 Å². The monoisotopic (exact) mass is 180 g/mol. The van der Waals surface area contributed by atoms with Crippen molar-refractivity contribution in [2.75, 3.05) is 0 Å².